The van der Waals surface area contributed by atoms with Crippen LogP contribution < -0.4 is 5.32 Å². The molecule has 2 aromatic rings. The summed E-state index contributed by atoms with van der Waals surface area (Å²) in [5.74, 6) is 0. The molecule has 1 atom stereocenters. The van der Waals surface area contributed by atoms with Gasteiger partial charge in [0.25, 0.3) is 0 Å². The summed E-state index contributed by atoms with van der Waals surface area (Å²) in [5.41, 5.74) is 4.73. The van der Waals surface area contributed by atoms with Crippen molar-refractivity contribution in [3.8, 4) is 0 Å². The maximum atomic E-state index is 6.38. The van der Waals surface area contributed by atoms with Gasteiger partial charge in [-0.15, -0.1) is 0 Å². The van der Waals surface area contributed by atoms with Gasteiger partial charge in [-0.3, -0.25) is 4.68 Å². The first-order valence-electron chi connectivity index (χ1n) is 7.50. The maximum Gasteiger partial charge on any atom is 0.130 e. The molecule has 0 saturated carbocycles. The van der Waals surface area contributed by atoms with Gasteiger partial charge in [-0.1, -0.05) is 48.4 Å². The van der Waals surface area contributed by atoms with E-state index in [1.54, 1.807) is 4.68 Å². The van der Waals surface area contributed by atoms with Crippen LogP contribution in [-0.4, -0.2) is 16.3 Å². The molecule has 0 saturated heterocycles. The van der Waals surface area contributed by atoms with Crippen molar-refractivity contribution in [3.05, 3.63) is 51.8 Å². The topological polar surface area (TPSA) is 29.9 Å². The average Bonchev–Trinajstić information content (AvgIpc) is 2.70. The van der Waals surface area contributed by atoms with Crippen LogP contribution in [0.5, 0.6) is 0 Å². The van der Waals surface area contributed by atoms with Crippen LogP contribution in [0.1, 0.15) is 41.8 Å². The van der Waals surface area contributed by atoms with Crippen molar-refractivity contribution in [1.82, 2.24) is 15.1 Å². The fourth-order valence-electron chi connectivity index (χ4n) is 2.54. The van der Waals surface area contributed by atoms with Gasteiger partial charge >= 0.3 is 0 Å². The predicted octanol–water partition coefficient (Wildman–Crippen LogP) is 3.97. The van der Waals surface area contributed by atoms with Crippen molar-refractivity contribution in [3.63, 3.8) is 0 Å². The van der Waals surface area contributed by atoms with Crippen molar-refractivity contribution >= 4 is 11.6 Å². The second-order valence-electron chi connectivity index (χ2n) is 5.60. The van der Waals surface area contributed by atoms with Crippen molar-refractivity contribution in [2.24, 2.45) is 7.05 Å². The molecule has 3 nitrogen and oxygen atoms in total. The van der Waals surface area contributed by atoms with Crippen LogP contribution in [0, 0.1) is 13.8 Å². The Hall–Kier alpha value is -1.32. The lowest BCUT2D eigenvalue weighted by atomic mass is 9.98. The number of nitrogens with zero attached hydrogens (tertiary/aromatic N) is 2. The molecule has 0 radical (unpaired) electrons. The zero-order valence-corrected chi connectivity index (χ0v) is 14.0. The van der Waals surface area contributed by atoms with Gasteiger partial charge in [0.15, 0.2) is 0 Å². The molecule has 0 bridgehead atoms. The van der Waals surface area contributed by atoms with Crippen LogP contribution in [0.15, 0.2) is 24.3 Å². The molecule has 4 heteroatoms. The summed E-state index contributed by atoms with van der Waals surface area (Å²) in [6, 6.07) is 8.98. The zero-order chi connectivity index (χ0) is 15.4. The fourth-order valence-corrected chi connectivity index (χ4v) is 2.79. The summed E-state index contributed by atoms with van der Waals surface area (Å²) in [5, 5.41) is 8.77. The molecule has 1 heterocycles. The molecule has 1 aromatic heterocycles. The van der Waals surface area contributed by atoms with Crippen LogP contribution >= 0.6 is 11.6 Å². The van der Waals surface area contributed by atoms with E-state index in [9.17, 15) is 0 Å². The Balaban J connectivity index is 2.25. The van der Waals surface area contributed by atoms with Gasteiger partial charge in [-0.25, -0.2) is 0 Å². The Labute approximate surface area is 132 Å². The second kappa shape index (κ2) is 7.10. The molecular formula is C17H24ClN3. The van der Waals surface area contributed by atoms with E-state index in [4.69, 9.17) is 11.6 Å². The number of nitrogens with one attached hydrogen (secondary N) is 1. The van der Waals surface area contributed by atoms with Gasteiger partial charge in [0, 0.05) is 18.7 Å². The maximum absolute atomic E-state index is 6.38. The molecule has 0 fully saturated rings. The van der Waals surface area contributed by atoms with Gasteiger partial charge < -0.3 is 5.32 Å². The third kappa shape index (κ3) is 3.86. The van der Waals surface area contributed by atoms with E-state index in [2.05, 4.69) is 48.5 Å². The van der Waals surface area contributed by atoms with Crippen molar-refractivity contribution in [1.29, 1.82) is 0 Å². The molecule has 1 unspecified atom stereocenters. The van der Waals surface area contributed by atoms with Crippen molar-refractivity contribution in [2.75, 3.05) is 6.54 Å². The van der Waals surface area contributed by atoms with E-state index in [-0.39, 0.29) is 6.04 Å². The number of aryl methyl sites for hydroxylation is 3. The summed E-state index contributed by atoms with van der Waals surface area (Å²) in [6.07, 6.45) is 1.98. The summed E-state index contributed by atoms with van der Waals surface area (Å²) in [7, 11) is 1.89. The van der Waals surface area contributed by atoms with Crippen molar-refractivity contribution in [2.45, 2.75) is 39.7 Å². The highest BCUT2D eigenvalue weighted by molar-refractivity contribution is 6.30. The summed E-state index contributed by atoms with van der Waals surface area (Å²) < 4.78 is 1.75. The highest BCUT2D eigenvalue weighted by Gasteiger charge is 2.18. The third-order valence-electron chi connectivity index (χ3n) is 3.80. The molecule has 0 aliphatic heterocycles. The van der Waals surface area contributed by atoms with E-state index in [1.807, 2.05) is 14.0 Å². The van der Waals surface area contributed by atoms with Gasteiger partial charge in [0.05, 0.1) is 5.69 Å². The monoisotopic (exact) mass is 305 g/mol. The van der Waals surface area contributed by atoms with Gasteiger partial charge in [0.1, 0.15) is 5.15 Å². The number of halogens is 1. The molecular weight excluding hydrogens is 282 g/mol. The number of benzene rings is 1. The molecule has 1 aromatic carbocycles. The smallest absolute Gasteiger partial charge is 0.130 e. The Morgan fingerprint density at radius 3 is 2.43 bits per heavy atom. The third-order valence-corrected chi connectivity index (χ3v) is 4.27. The first-order valence-corrected chi connectivity index (χ1v) is 7.88. The van der Waals surface area contributed by atoms with E-state index in [1.165, 1.54) is 11.1 Å². The molecule has 0 aliphatic carbocycles. The van der Waals surface area contributed by atoms with E-state index in [0.29, 0.717) is 0 Å². The molecule has 0 aliphatic rings. The van der Waals surface area contributed by atoms with Gasteiger partial charge in [0.2, 0.25) is 0 Å². The lowest BCUT2D eigenvalue weighted by Crippen LogP contribution is -2.24. The molecule has 1 N–H and O–H groups in total. The standard InChI is InChI=1S/C17H24ClN3/c1-5-10-19-16(14-8-6-12(2)7-9-14)11-15-13(3)20-21(4)17(15)18/h6-9,16,19H,5,10-11H2,1-4H3. The zero-order valence-electron chi connectivity index (χ0n) is 13.3. The Kier molecular flexibility index (Phi) is 5.43. The first kappa shape index (κ1) is 16.1. The van der Waals surface area contributed by atoms with Crippen molar-refractivity contribution < 1.29 is 0 Å². The van der Waals surface area contributed by atoms with Crippen LogP contribution in [0.4, 0.5) is 0 Å². The van der Waals surface area contributed by atoms with E-state index in [0.717, 1.165) is 35.8 Å². The minimum Gasteiger partial charge on any atom is -0.310 e. The summed E-state index contributed by atoms with van der Waals surface area (Å²) in [6.45, 7) is 7.31. The fraction of sp³-hybridized carbons (Fsp3) is 0.471. The highest BCUT2D eigenvalue weighted by atomic mass is 35.5. The normalized spacial score (nSPS) is 12.6. The van der Waals surface area contributed by atoms with Crippen LogP contribution in [0.25, 0.3) is 0 Å². The Morgan fingerprint density at radius 2 is 1.90 bits per heavy atom. The number of hydrogen-bond donors (Lipinski definition) is 1. The summed E-state index contributed by atoms with van der Waals surface area (Å²) in [4.78, 5) is 0. The Morgan fingerprint density at radius 1 is 1.24 bits per heavy atom. The van der Waals surface area contributed by atoms with Gasteiger partial charge in [-0.05, 0) is 38.8 Å². The quantitative estimate of drug-likeness (QED) is 0.875. The summed E-state index contributed by atoms with van der Waals surface area (Å²) >= 11 is 6.38. The molecule has 2 rings (SSSR count). The number of hydrogen-bond acceptors (Lipinski definition) is 2. The highest BCUT2D eigenvalue weighted by Crippen LogP contribution is 2.26. The van der Waals surface area contributed by atoms with E-state index < -0.39 is 0 Å². The average molecular weight is 306 g/mol. The lowest BCUT2D eigenvalue weighted by Gasteiger charge is -2.19. The molecule has 114 valence electrons. The van der Waals surface area contributed by atoms with Crippen LogP contribution in [0.2, 0.25) is 5.15 Å². The SMILES string of the molecule is CCCNC(Cc1c(C)nn(C)c1Cl)c1ccc(C)cc1. The molecule has 0 spiro atoms. The van der Waals surface area contributed by atoms with Gasteiger partial charge in [-0.2, -0.15) is 5.10 Å². The van der Waals surface area contributed by atoms with E-state index >= 15 is 0 Å². The predicted molar refractivity (Wildman–Crippen MR) is 88.9 cm³/mol. The molecule has 21 heavy (non-hydrogen) atoms. The minimum absolute atomic E-state index is 0.269. The number of rotatable bonds is 6. The first-order chi connectivity index (χ1) is 10.0. The minimum atomic E-state index is 0.269. The Bertz CT molecular complexity index is 587. The largest absolute Gasteiger partial charge is 0.310 e. The van der Waals surface area contributed by atoms with Crippen LogP contribution in [-0.2, 0) is 13.5 Å². The number of aromatic nitrogens is 2. The lowest BCUT2D eigenvalue weighted by molar-refractivity contribution is 0.528. The molecule has 0 amide bonds. The van der Waals surface area contributed by atoms with Crippen LogP contribution in [0.3, 0.4) is 0 Å². The second-order valence-corrected chi connectivity index (χ2v) is 5.96.